The zero-order valence-corrected chi connectivity index (χ0v) is 19.9. The van der Waals surface area contributed by atoms with Crippen LogP contribution >= 0.6 is 22.9 Å². The Morgan fingerprint density at radius 3 is 2.81 bits per heavy atom. The van der Waals surface area contributed by atoms with Gasteiger partial charge in [0.25, 0.3) is 0 Å². The van der Waals surface area contributed by atoms with Gasteiger partial charge in [-0.2, -0.15) is 0 Å². The number of hydrogen-bond acceptors (Lipinski definition) is 6. The van der Waals surface area contributed by atoms with Gasteiger partial charge >= 0.3 is 0 Å². The third-order valence-corrected chi connectivity index (χ3v) is 8.02. The summed E-state index contributed by atoms with van der Waals surface area (Å²) in [6, 6.07) is 10.3. The normalized spacial score (nSPS) is 21.1. The molecule has 1 atom stereocenters. The molecule has 1 unspecified atom stereocenters. The maximum Gasteiger partial charge on any atom is 0.172 e. The molecule has 0 radical (unpaired) electrons. The summed E-state index contributed by atoms with van der Waals surface area (Å²) in [4.78, 5) is 25.8. The Morgan fingerprint density at radius 2 is 2.09 bits per heavy atom. The van der Waals surface area contributed by atoms with Crippen LogP contribution in [0.1, 0.15) is 77.2 Å². The van der Waals surface area contributed by atoms with Crippen LogP contribution in [0.5, 0.6) is 0 Å². The number of halogens is 1. The monoisotopic (exact) mass is 469 g/mol. The molecule has 1 aromatic heterocycles. The summed E-state index contributed by atoms with van der Waals surface area (Å²) < 4.78 is 0.647. The first-order valence-electron chi connectivity index (χ1n) is 11.5. The Hall–Kier alpha value is -2.18. The van der Waals surface area contributed by atoms with Crippen LogP contribution in [0.3, 0.4) is 0 Å². The van der Waals surface area contributed by atoms with Gasteiger partial charge in [0.05, 0.1) is 21.5 Å². The van der Waals surface area contributed by atoms with Crippen molar-refractivity contribution in [2.45, 2.75) is 57.0 Å². The number of oxime groups is 1. The van der Waals surface area contributed by atoms with E-state index in [0.717, 1.165) is 31.1 Å². The first kappa shape index (κ1) is 21.7. The molecule has 168 valence electrons. The highest BCUT2D eigenvalue weighted by molar-refractivity contribution is 7.18. The van der Waals surface area contributed by atoms with Crippen molar-refractivity contribution in [2.75, 3.05) is 20.1 Å². The van der Waals surface area contributed by atoms with Crippen LogP contribution in [0.15, 0.2) is 40.5 Å². The Morgan fingerprint density at radius 1 is 1.25 bits per heavy atom. The Bertz CT molecular complexity index is 1070. The van der Waals surface area contributed by atoms with Gasteiger partial charge in [0.15, 0.2) is 5.78 Å². The molecule has 3 aliphatic rings. The highest BCUT2D eigenvalue weighted by Gasteiger charge is 2.29. The van der Waals surface area contributed by atoms with Crippen LogP contribution in [-0.4, -0.2) is 48.5 Å². The number of ketones is 1. The van der Waals surface area contributed by atoms with Gasteiger partial charge < -0.3 is 9.74 Å². The number of aliphatic imine (C=N–C) groups is 1. The van der Waals surface area contributed by atoms with Crippen molar-refractivity contribution >= 4 is 40.3 Å². The quantitative estimate of drug-likeness (QED) is 0.474. The molecule has 1 fully saturated rings. The van der Waals surface area contributed by atoms with Crippen molar-refractivity contribution in [3.05, 3.63) is 56.2 Å². The molecule has 7 heteroatoms. The van der Waals surface area contributed by atoms with E-state index in [2.05, 4.69) is 35.3 Å². The predicted octanol–water partition coefficient (Wildman–Crippen LogP) is 5.91. The van der Waals surface area contributed by atoms with E-state index in [1.807, 2.05) is 0 Å². The minimum atomic E-state index is -0.0502. The lowest BCUT2D eigenvalue weighted by molar-refractivity contribution is 0.0720. The molecule has 5 nitrogen and oxygen atoms in total. The number of thiophene rings is 1. The molecule has 2 aromatic rings. The zero-order valence-electron chi connectivity index (χ0n) is 18.3. The second-order valence-corrected chi connectivity index (χ2v) is 10.7. The van der Waals surface area contributed by atoms with Crippen LogP contribution in [0, 0.1) is 0 Å². The summed E-state index contributed by atoms with van der Waals surface area (Å²) in [6.07, 6.45) is 6.85. The second kappa shape index (κ2) is 9.36. The maximum atomic E-state index is 12.4. The lowest BCUT2D eigenvalue weighted by Gasteiger charge is -2.19. The maximum absolute atomic E-state index is 12.4. The number of carbonyl (C=O) groups is 1. The fraction of sp³-hybridized carbons (Fsp3) is 0.480. The summed E-state index contributed by atoms with van der Waals surface area (Å²) in [5.41, 5.74) is 4.81. The first-order valence-corrected chi connectivity index (χ1v) is 12.7. The topological polar surface area (TPSA) is 54.3 Å². The van der Waals surface area contributed by atoms with Crippen LogP contribution in [0.4, 0.5) is 0 Å². The van der Waals surface area contributed by atoms with E-state index >= 15 is 0 Å². The molecule has 1 saturated carbocycles. The number of amidine groups is 1. The van der Waals surface area contributed by atoms with Crippen LogP contribution in [-0.2, 0) is 4.84 Å². The summed E-state index contributed by atoms with van der Waals surface area (Å²) in [5.74, 6) is 1.78. The Kier molecular flexibility index (Phi) is 6.33. The number of benzene rings is 1. The zero-order chi connectivity index (χ0) is 22.1. The van der Waals surface area contributed by atoms with Gasteiger partial charge in [0.1, 0.15) is 11.9 Å². The van der Waals surface area contributed by atoms with Gasteiger partial charge in [0, 0.05) is 37.6 Å². The fourth-order valence-electron chi connectivity index (χ4n) is 5.01. The highest BCUT2D eigenvalue weighted by atomic mass is 35.5. The minimum Gasteiger partial charge on any atom is -0.392 e. The van der Waals surface area contributed by atoms with E-state index < -0.39 is 0 Å². The summed E-state index contributed by atoms with van der Waals surface area (Å²) in [5, 5.41) is 4.46. The van der Waals surface area contributed by atoms with Crippen molar-refractivity contribution in [2.24, 2.45) is 10.1 Å². The van der Waals surface area contributed by atoms with Gasteiger partial charge in [-0.15, -0.1) is 11.3 Å². The van der Waals surface area contributed by atoms with E-state index in [1.54, 1.807) is 12.1 Å². The number of Topliss-reactive ketones (excluding diaryl/α,β-unsaturated/α-hetero) is 1. The third kappa shape index (κ3) is 4.48. The molecule has 3 heterocycles. The smallest absolute Gasteiger partial charge is 0.172 e. The Labute approximate surface area is 198 Å². The van der Waals surface area contributed by atoms with Crippen molar-refractivity contribution in [1.29, 1.82) is 0 Å². The number of nitrogens with zero attached hydrogens (tertiary/aromatic N) is 3. The van der Waals surface area contributed by atoms with Crippen molar-refractivity contribution in [3.8, 4) is 0 Å². The summed E-state index contributed by atoms with van der Waals surface area (Å²) in [7, 11) is 2.11. The lowest BCUT2D eigenvalue weighted by Crippen LogP contribution is -2.24. The van der Waals surface area contributed by atoms with Gasteiger partial charge in [-0.1, -0.05) is 41.7 Å². The molecular weight excluding hydrogens is 442 g/mol. The van der Waals surface area contributed by atoms with Gasteiger partial charge in [-0.3, -0.25) is 9.79 Å². The van der Waals surface area contributed by atoms with E-state index in [-0.39, 0.29) is 11.9 Å². The van der Waals surface area contributed by atoms with E-state index in [0.29, 0.717) is 28.0 Å². The highest BCUT2D eigenvalue weighted by Crippen LogP contribution is 2.38. The minimum absolute atomic E-state index is 0.0502. The standard InChI is InChI=1S/C25H28ClN3O2S/c1-29-13-12-27-25(29)17-6-8-19(20(14-17)16-4-2-3-5-16)21-15-18(31-28-21)7-9-22(30)23-10-11-24(26)32-23/h6,8,10-11,14,16,18H,2-5,7,9,12-13,15H2,1H3. The molecule has 0 amide bonds. The molecule has 0 saturated heterocycles. The molecule has 1 aromatic carbocycles. The van der Waals surface area contributed by atoms with Gasteiger partial charge in [-0.25, -0.2) is 0 Å². The molecule has 5 rings (SSSR count). The molecule has 0 spiro atoms. The third-order valence-electron chi connectivity index (χ3n) is 6.75. The largest absolute Gasteiger partial charge is 0.392 e. The molecule has 32 heavy (non-hydrogen) atoms. The second-order valence-electron chi connectivity index (χ2n) is 8.95. The fourth-order valence-corrected chi connectivity index (χ4v) is 6.02. The molecule has 2 aliphatic heterocycles. The average molecular weight is 470 g/mol. The van der Waals surface area contributed by atoms with E-state index in [9.17, 15) is 4.79 Å². The summed E-state index contributed by atoms with van der Waals surface area (Å²) in [6.45, 7) is 1.85. The Balaban J connectivity index is 1.30. The first-order chi connectivity index (χ1) is 15.6. The average Bonchev–Trinajstić information content (AvgIpc) is 3.59. The number of rotatable bonds is 7. The number of carbonyl (C=O) groups excluding carboxylic acids is 1. The SMILES string of the molecule is CN1CCN=C1c1ccc(C2=NOC(CCC(=O)c3ccc(Cl)s3)C2)c(C2CCCC2)c1. The molecule has 1 aliphatic carbocycles. The van der Waals surface area contributed by atoms with Gasteiger partial charge in [-0.05, 0) is 48.9 Å². The van der Waals surface area contributed by atoms with Crippen molar-refractivity contribution in [3.63, 3.8) is 0 Å². The lowest BCUT2D eigenvalue weighted by atomic mass is 9.87. The van der Waals surface area contributed by atoms with Crippen LogP contribution in [0.2, 0.25) is 4.34 Å². The van der Waals surface area contributed by atoms with Crippen LogP contribution in [0.25, 0.3) is 0 Å². The molecular formula is C25H28ClN3O2S. The molecule has 0 N–H and O–H groups in total. The van der Waals surface area contributed by atoms with E-state index in [4.69, 9.17) is 21.4 Å². The van der Waals surface area contributed by atoms with E-state index in [1.165, 1.54) is 53.7 Å². The summed E-state index contributed by atoms with van der Waals surface area (Å²) >= 11 is 7.30. The molecule has 0 bridgehead atoms. The van der Waals surface area contributed by atoms with Crippen molar-refractivity contribution in [1.82, 2.24) is 4.90 Å². The van der Waals surface area contributed by atoms with Gasteiger partial charge in [0.2, 0.25) is 0 Å². The number of hydrogen-bond donors (Lipinski definition) is 0. The van der Waals surface area contributed by atoms with Crippen molar-refractivity contribution < 1.29 is 9.63 Å². The predicted molar refractivity (Wildman–Crippen MR) is 131 cm³/mol. The van der Waals surface area contributed by atoms with Crippen LogP contribution < -0.4 is 0 Å². The number of likely N-dealkylation sites (N-methyl/N-ethyl adjacent to an activating group) is 1.